The zero-order valence-electron chi connectivity index (χ0n) is 14.8. The van der Waals surface area contributed by atoms with Crippen LogP contribution in [0.2, 0.25) is 0 Å². The summed E-state index contributed by atoms with van der Waals surface area (Å²) in [6.07, 6.45) is 0. The lowest BCUT2D eigenvalue weighted by Gasteiger charge is -2.12. The van der Waals surface area contributed by atoms with Crippen molar-refractivity contribution in [1.82, 2.24) is 0 Å². The molecule has 3 heteroatoms. The van der Waals surface area contributed by atoms with E-state index in [0.29, 0.717) is 11.3 Å². The molecule has 1 radical (unpaired) electrons. The number of hydrogen-bond acceptors (Lipinski definition) is 3. The van der Waals surface area contributed by atoms with Gasteiger partial charge >= 0.3 is 0 Å². The summed E-state index contributed by atoms with van der Waals surface area (Å²) < 4.78 is 0. The highest BCUT2D eigenvalue weighted by Crippen LogP contribution is 2.37. The smallest absolute Gasteiger partial charge is 0.124 e. The Morgan fingerprint density at radius 3 is 1.52 bits per heavy atom. The Morgan fingerprint density at radius 2 is 1.08 bits per heavy atom. The number of aryl methyl sites for hydroxylation is 4. The van der Waals surface area contributed by atoms with Gasteiger partial charge in [0.15, 0.2) is 0 Å². The third kappa shape index (κ3) is 3.05. The third-order valence-electron chi connectivity index (χ3n) is 4.53. The molecule has 0 spiro atoms. The predicted molar refractivity (Wildman–Crippen MR) is 100 cm³/mol. The van der Waals surface area contributed by atoms with E-state index in [0.717, 1.165) is 38.9 Å². The number of rotatable bonds is 2. The number of phenols is 3. The normalized spacial score (nSPS) is 10.9. The van der Waals surface area contributed by atoms with Crippen LogP contribution in [0, 0.1) is 33.8 Å². The molecule has 25 heavy (non-hydrogen) atoms. The first kappa shape index (κ1) is 16.9. The first-order chi connectivity index (χ1) is 11.8. The SMILES string of the molecule is Cc1cc(-c2[c]cc(-c3cc(C)c(O)c(C)c3)c(O)c2)cc(C)c1O. The van der Waals surface area contributed by atoms with Crippen LogP contribution in [-0.4, -0.2) is 15.3 Å². The Balaban J connectivity index is 2.08. The largest absolute Gasteiger partial charge is 0.507 e. The van der Waals surface area contributed by atoms with Crippen LogP contribution in [0.5, 0.6) is 17.2 Å². The summed E-state index contributed by atoms with van der Waals surface area (Å²) in [7, 11) is 0. The van der Waals surface area contributed by atoms with Crippen LogP contribution in [0.25, 0.3) is 22.3 Å². The molecule has 0 saturated heterocycles. The molecular formula is C22H21O3. The standard InChI is InChI=1S/C22H21O3/c1-12-7-17(8-13(2)21(12)24)16-5-6-19(20(23)11-16)18-9-14(3)22(25)15(4)10-18/h6-11,23-25H,1-4H3. The highest BCUT2D eigenvalue weighted by atomic mass is 16.3. The summed E-state index contributed by atoms with van der Waals surface area (Å²) in [4.78, 5) is 0. The molecule has 0 aliphatic rings. The number of aromatic hydroxyl groups is 3. The quantitative estimate of drug-likeness (QED) is 0.606. The maximum absolute atomic E-state index is 10.5. The van der Waals surface area contributed by atoms with Gasteiger partial charge in [-0.3, -0.25) is 0 Å². The maximum atomic E-state index is 10.5. The van der Waals surface area contributed by atoms with E-state index < -0.39 is 0 Å². The van der Waals surface area contributed by atoms with Gasteiger partial charge in [-0.15, -0.1) is 0 Å². The van der Waals surface area contributed by atoms with Gasteiger partial charge in [0.2, 0.25) is 0 Å². The van der Waals surface area contributed by atoms with Crippen molar-refractivity contribution in [3.8, 4) is 39.5 Å². The lowest BCUT2D eigenvalue weighted by atomic mass is 9.95. The van der Waals surface area contributed by atoms with Crippen molar-refractivity contribution in [2.45, 2.75) is 27.7 Å². The highest BCUT2D eigenvalue weighted by Gasteiger charge is 2.12. The minimum absolute atomic E-state index is 0.154. The van der Waals surface area contributed by atoms with E-state index in [-0.39, 0.29) is 11.5 Å². The van der Waals surface area contributed by atoms with Gasteiger partial charge in [-0.1, -0.05) is 0 Å². The molecule has 0 heterocycles. The molecule has 0 aromatic heterocycles. The van der Waals surface area contributed by atoms with Crippen molar-refractivity contribution in [3.05, 3.63) is 64.7 Å². The summed E-state index contributed by atoms with van der Waals surface area (Å²) in [6.45, 7) is 7.37. The Kier molecular flexibility index (Phi) is 4.17. The Labute approximate surface area is 147 Å². The zero-order chi connectivity index (χ0) is 18.3. The molecule has 3 nitrogen and oxygen atoms in total. The molecule has 3 aromatic rings. The van der Waals surface area contributed by atoms with Gasteiger partial charge in [-0.05, 0) is 109 Å². The van der Waals surface area contributed by atoms with E-state index in [1.807, 2.05) is 52.0 Å². The topological polar surface area (TPSA) is 60.7 Å². The van der Waals surface area contributed by atoms with Crippen LogP contribution in [0.15, 0.2) is 36.4 Å². The fraction of sp³-hybridized carbons (Fsp3) is 0.182. The van der Waals surface area contributed by atoms with Crippen molar-refractivity contribution >= 4 is 0 Å². The number of hydrogen-bond donors (Lipinski definition) is 3. The van der Waals surface area contributed by atoms with Gasteiger partial charge in [0.25, 0.3) is 0 Å². The molecule has 0 unspecified atom stereocenters. The number of phenolic OH excluding ortho intramolecular Hbond substituents is 3. The van der Waals surface area contributed by atoms with E-state index in [1.54, 1.807) is 12.1 Å². The maximum Gasteiger partial charge on any atom is 0.124 e. The molecule has 3 rings (SSSR count). The first-order valence-electron chi connectivity index (χ1n) is 8.13. The van der Waals surface area contributed by atoms with E-state index in [1.165, 1.54) is 0 Å². The summed E-state index contributed by atoms with van der Waals surface area (Å²) in [5.41, 5.74) is 6.28. The fourth-order valence-corrected chi connectivity index (χ4v) is 3.10. The minimum Gasteiger partial charge on any atom is -0.507 e. The minimum atomic E-state index is 0.154. The second-order valence-corrected chi connectivity index (χ2v) is 6.56. The van der Waals surface area contributed by atoms with Crippen LogP contribution < -0.4 is 0 Å². The van der Waals surface area contributed by atoms with Crippen LogP contribution >= 0.6 is 0 Å². The molecule has 0 amide bonds. The summed E-state index contributed by atoms with van der Waals surface area (Å²) in [5, 5.41) is 30.4. The highest BCUT2D eigenvalue weighted by molar-refractivity contribution is 5.77. The summed E-state index contributed by atoms with van der Waals surface area (Å²) in [6, 6.07) is 14.1. The van der Waals surface area contributed by atoms with E-state index >= 15 is 0 Å². The monoisotopic (exact) mass is 333 g/mol. The van der Waals surface area contributed by atoms with Gasteiger partial charge in [0, 0.05) is 5.56 Å². The molecule has 0 saturated carbocycles. The van der Waals surface area contributed by atoms with E-state index in [2.05, 4.69) is 6.07 Å². The fourth-order valence-electron chi connectivity index (χ4n) is 3.10. The molecular weight excluding hydrogens is 312 g/mol. The van der Waals surface area contributed by atoms with E-state index in [9.17, 15) is 15.3 Å². The second kappa shape index (κ2) is 6.17. The first-order valence-corrected chi connectivity index (χ1v) is 8.13. The van der Waals surface area contributed by atoms with Gasteiger partial charge < -0.3 is 15.3 Å². The molecule has 3 aromatic carbocycles. The number of benzene rings is 3. The van der Waals surface area contributed by atoms with Gasteiger partial charge in [-0.25, -0.2) is 0 Å². The summed E-state index contributed by atoms with van der Waals surface area (Å²) >= 11 is 0. The third-order valence-corrected chi connectivity index (χ3v) is 4.53. The Hall–Kier alpha value is -2.94. The average Bonchev–Trinajstić information content (AvgIpc) is 2.56. The Bertz CT molecular complexity index is 925. The molecule has 0 bridgehead atoms. The molecule has 0 atom stereocenters. The average molecular weight is 333 g/mol. The van der Waals surface area contributed by atoms with Crippen molar-refractivity contribution in [2.24, 2.45) is 0 Å². The van der Waals surface area contributed by atoms with Gasteiger partial charge in [0.05, 0.1) is 0 Å². The molecule has 0 aliphatic carbocycles. The van der Waals surface area contributed by atoms with Crippen molar-refractivity contribution in [3.63, 3.8) is 0 Å². The van der Waals surface area contributed by atoms with Crippen molar-refractivity contribution < 1.29 is 15.3 Å². The van der Waals surface area contributed by atoms with Gasteiger partial charge in [0.1, 0.15) is 17.2 Å². The Morgan fingerprint density at radius 1 is 0.640 bits per heavy atom. The van der Waals surface area contributed by atoms with Gasteiger partial charge in [-0.2, -0.15) is 0 Å². The lowest BCUT2D eigenvalue weighted by Crippen LogP contribution is -1.88. The molecule has 0 aliphatic heterocycles. The molecule has 0 fully saturated rings. The van der Waals surface area contributed by atoms with Crippen LogP contribution in [-0.2, 0) is 0 Å². The summed E-state index contributed by atoms with van der Waals surface area (Å²) in [5.74, 6) is 0.722. The van der Waals surface area contributed by atoms with Crippen LogP contribution in [0.1, 0.15) is 22.3 Å². The van der Waals surface area contributed by atoms with E-state index in [4.69, 9.17) is 0 Å². The lowest BCUT2D eigenvalue weighted by molar-refractivity contribution is 0.466. The van der Waals surface area contributed by atoms with Crippen LogP contribution in [0.4, 0.5) is 0 Å². The molecule has 3 N–H and O–H groups in total. The second-order valence-electron chi connectivity index (χ2n) is 6.56. The molecule has 127 valence electrons. The van der Waals surface area contributed by atoms with Crippen molar-refractivity contribution in [2.75, 3.05) is 0 Å². The zero-order valence-corrected chi connectivity index (χ0v) is 14.8. The predicted octanol–water partition coefficient (Wildman–Crippen LogP) is 5.17. The van der Waals surface area contributed by atoms with Crippen LogP contribution in [0.3, 0.4) is 0 Å². The van der Waals surface area contributed by atoms with Crippen molar-refractivity contribution in [1.29, 1.82) is 0 Å².